The predicted octanol–water partition coefficient (Wildman–Crippen LogP) is 3.91. The third-order valence-corrected chi connectivity index (χ3v) is 4.93. The van der Waals surface area contributed by atoms with Gasteiger partial charge in [0.05, 0.1) is 0 Å². The van der Waals surface area contributed by atoms with Gasteiger partial charge in [0.2, 0.25) is 0 Å². The minimum atomic E-state index is 0.473. The van der Waals surface area contributed by atoms with Crippen molar-refractivity contribution in [3.8, 4) is 0 Å². The van der Waals surface area contributed by atoms with Gasteiger partial charge in [-0.05, 0) is 52.1 Å². The Morgan fingerprint density at radius 2 is 1.95 bits per heavy atom. The Hall–Kier alpha value is -0.860. The van der Waals surface area contributed by atoms with Crippen LogP contribution in [0.25, 0.3) is 0 Å². The Labute approximate surface area is 124 Å². The number of rotatable bonds is 6. The van der Waals surface area contributed by atoms with E-state index in [1.807, 2.05) is 0 Å². The zero-order valence-electron chi connectivity index (χ0n) is 13.5. The second-order valence-corrected chi connectivity index (χ2v) is 6.27. The number of nitrogens with zero attached hydrogens (tertiary/aromatic N) is 1. The fourth-order valence-electron chi connectivity index (χ4n) is 3.52. The van der Waals surface area contributed by atoms with Gasteiger partial charge >= 0.3 is 0 Å². The van der Waals surface area contributed by atoms with Gasteiger partial charge in [-0.2, -0.15) is 0 Å². The summed E-state index contributed by atoms with van der Waals surface area (Å²) in [5, 5.41) is 3.48. The van der Waals surface area contributed by atoms with E-state index >= 15 is 0 Å². The number of benzene rings is 1. The summed E-state index contributed by atoms with van der Waals surface area (Å²) in [4.78, 5) is 2.72. The number of nitrogens with one attached hydrogen (secondary N) is 1. The summed E-state index contributed by atoms with van der Waals surface area (Å²) in [6, 6.07) is 11.0. The average Bonchev–Trinajstić information content (AvgIpc) is 2.82. The highest BCUT2D eigenvalue weighted by Crippen LogP contribution is 2.27. The molecule has 3 unspecified atom stereocenters. The van der Waals surface area contributed by atoms with Crippen molar-refractivity contribution in [2.75, 3.05) is 13.6 Å². The van der Waals surface area contributed by atoms with Crippen molar-refractivity contribution in [1.29, 1.82) is 0 Å². The average molecular weight is 274 g/mol. The first-order chi connectivity index (χ1) is 9.65. The molecular weight excluding hydrogens is 244 g/mol. The monoisotopic (exact) mass is 274 g/mol. The van der Waals surface area contributed by atoms with Gasteiger partial charge in [0.25, 0.3) is 0 Å². The summed E-state index contributed by atoms with van der Waals surface area (Å²) >= 11 is 0. The quantitative estimate of drug-likeness (QED) is 0.846. The van der Waals surface area contributed by atoms with Gasteiger partial charge in [-0.15, -0.1) is 0 Å². The van der Waals surface area contributed by atoms with Crippen LogP contribution in [0.1, 0.15) is 56.7 Å². The van der Waals surface area contributed by atoms with Crippen molar-refractivity contribution in [3.05, 3.63) is 35.4 Å². The van der Waals surface area contributed by atoms with E-state index in [4.69, 9.17) is 0 Å². The molecule has 0 aromatic heterocycles. The second kappa shape index (κ2) is 7.24. The number of likely N-dealkylation sites (tertiary alicyclic amines) is 1. The maximum atomic E-state index is 3.48. The molecule has 0 amide bonds. The van der Waals surface area contributed by atoms with Crippen molar-refractivity contribution >= 4 is 0 Å². The zero-order valence-corrected chi connectivity index (χ0v) is 13.5. The molecule has 0 spiro atoms. The Bertz CT molecular complexity index is 398. The molecule has 1 N–H and O–H groups in total. The first-order valence-electron chi connectivity index (χ1n) is 8.15. The lowest BCUT2D eigenvalue weighted by molar-refractivity contribution is 0.189. The molecule has 0 bridgehead atoms. The predicted molar refractivity (Wildman–Crippen MR) is 87.1 cm³/mol. The Morgan fingerprint density at radius 3 is 2.55 bits per heavy atom. The molecule has 1 aromatic rings. The number of aryl methyl sites for hydroxylation is 1. The van der Waals surface area contributed by atoms with Crippen LogP contribution in [0.4, 0.5) is 0 Å². The first-order valence-corrected chi connectivity index (χ1v) is 8.15. The SMILES string of the molecule is CCC1CCC(C)N1CCC(NC)c1ccc(C)cc1. The van der Waals surface area contributed by atoms with Crippen molar-refractivity contribution in [2.45, 2.75) is 64.6 Å². The number of hydrogen-bond donors (Lipinski definition) is 1. The maximum Gasteiger partial charge on any atom is 0.0329 e. The van der Waals surface area contributed by atoms with E-state index in [-0.39, 0.29) is 0 Å². The van der Waals surface area contributed by atoms with Crippen LogP contribution < -0.4 is 5.32 Å². The minimum Gasteiger partial charge on any atom is -0.313 e. The molecule has 1 fully saturated rings. The smallest absolute Gasteiger partial charge is 0.0329 e. The van der Waals surface area contributed by atoms with Gasteiger partial charge in [0, 0.05) is 24.7 Å². The highest BCUT2D eigenvalue weighted by Gasteiger charge is 2.29. The van der Waals surface area contributed by atoms with Crippen LogP contribution in [0.2, 0.25) is 0 Å². The standard InChI is InChI=1S/C18H30N2/c1-5-17-11-8-15(3)20(17)13-12-18(19-4)16-9-6-14(2)7-10-16/h6-7,9-10,15,17-19H,5,8,11-13H2,1-4H3. The van der Waals surface area contributed by atoms with E-state index in [1.54, 1.807) is 0 Å². The number of hydrogen-bond acceptors (Lipinski definition) is 2. The van der Waals surface area contributed by atoms with Crippen LogP contribution in [0.5, 0.6) is 0 Å². The summed E-state index contributed by atoms with van der Waals surface area (Å²) in [6.07, 6.45) is 5.24. The Kier molecular flexibility index (Phi) is 5.62. The van der Waals surface area contributed by atoms with Crippen LogP contribution in [0.15, 0.2) is 24.3 Å². The van der Waals surface area contributed by atoms with Crippen LogP contribution in [0.3, 0.4) is 0 Å². The zero-order chi connectivity index (χ0) is 14.5. The van der Waals surface area contributed by atoms with Gasteiger partial charge in [-0.1, -0.05) is 36.8 Å². The van der Waals surface area contributed by atoms with Gasteiger partial charge < -0.3 is 5.32 Å². The lowest BCUT2D eigenvalue weighted by atomic mass is 10.0. The molecule has 2 nitrogen and oxygen atoms in total. The molecule has 1 aliphatic rings. The lowest BCUT2D eigenvalue weighted by Crippen LogP contribution is -2.36. The lowest BCUT2D eigenvalue weighted by Gasteiger charge is -2.29. The van der Waals surface area contributed by atoms with E-state index in [0.717, 1.165) is 12.1 Å². The van der Waals surface area contributed by atoms with Crippen LogP contribution in [0, 0.1) is 6.92 Å². The summed E-state index contributed by atoms with van der Waals surface area (Å²) in [6.45, 7) is 8.07. The van der Waals surface area contributed by atoms with Crippen LogP contribution in [-0.4, -0.2) is 30.6 Å². The molecular formula is C18H30N2. The van der Waals surface area contributed by atoms with Gasteiger partial charge in [0.1, 0.15) is 0 Å². The van der Waals surface area contributed by atoms with Crippen LogP contribution >= 0.6 is 0 Å². The normalized spacial score (nSPS) is 25.0. The topological polar surface area (TPSA) is 15.3 Å². The maximum absolute atomic E-state index is 3.48. The molecule has 0 radical (unpaired) electrons. The third kappa shape index (κ3) is 3.62. The van der Waals surface area contributed by atoms with E-state index in [9.17, 15) is 0 Å². The fraction of sp³-hybridized carbons (Fsp3) is 0.667. The summed E-state index contributed by atoms with van der Waals surface area (Å²) < 4.78 is 0. The molecule has 2 rings (SSSR count). The van der Waals surface area contributed by atoms with Crippen molar-refractivity contribution < 1.29 is 0 Å². The molecule has 112 valence electrons. The summed E-state index contributed by atoms with van der Waals surface area (Å²) in [5.41, 5.74) is 2.75. The van der Waals surface area contributed by atoms with E-state index in [2.05, 4.69) is 62.3 Å². The molecule has 0 saturated carbocycles. The largest absolute Gasteiger partial charge is 0.313 e. The van der Waals surface area contributed by atoms with Gasteiger partial charge in [-0.25, -0.2) is 0 Å². The third-order valence-electron chi connectivity index (χ3n) is 4.93. The van der Waals surface area contributed by atoms with Crippen molar-refractivity contribution in [3.63, 3.8) is 0 Å². The molecule has 1 heterocycles. The highest BCUT2D eigenvalue weighted by atomic mass is 15.2. The van der Waals surface area contributed by atoms with Gasteiger partial charge in [-0.3, -0.25) is 4.90 Å². The summed E-state index contributed by atoms with van der Waals surface area (Å²) in [5.74, 6) is 0. The summed E-state index contributed by atoms with van der Waals surface area (Å²) in [7, 11) is 2.08. The Balaban J connectivity index is 1.95. The molecule has 20 heavy (non-hydrogen) atoms. The Morgan fingerprint density at radius 1 is 1.25 bits per heavy atom. The molecule has 1 saturated heterocycles. The minimum absolute atomic E-state index is 0.473. The van der Waals surface area contributed by atoms with E-state index < -0.39 is 0 Å². The second-order valence-electron chi connectivity index (χ2n) is 6.27. The van der Waals surface area contributed by atoms with Gasteiger partial charge in [0.15, 0.2) is 0 Å². The fourth-order valence-corrected chi connectivity index (χ4v) is 3.52. The molecule has 0 aliphatic carbocycles. The highest BCUT2D eigenvalue weighted by molar-refractivity contribution is 5.24. The molecule has 1 aromatic carbocycles. The molecule has 1 aliphatic heterocycles. The molecule has 2 heteroatoms. The van der Waals surface area contributed by atoms with Crippen molar-refractivity contribution in [1.82, 2.24) is 10.2 Å². The van der Waals surface area contributed by atoms with E-state index in [1.165, 1.54) is 43.4 Å². The van der Waals surface area contributed by atoms with Crippen LogP contribution in [-0.2, 0) is 0 Å². The van der Waals surface area contributed by atoms with Crippen molar-refractivity contribution in [2.24, 2.45) is 0 Å². The first kappa shape index (κ1) is 15.5. The molecule has 3 atom stereocenters. The van der Waals surface area contributed by atoms with E-state index in [0.29, 0.717) is 6.04 Å².